The van der Waals surface area contributed by atoms with Gasteiger partial charge in [0.05, 0.1) is 36.3 Å². The molecular weight excluding hydrogens is 397 g/mol. The molecule has 1 aromatic carbocycles. The molecule has 8 heteroatoms. The van der Waals surface area contributed by atoms with E-state index in [4.69, 9.17) is 10.6 Å². The lowest BCUT2D eigenvalue weighted by molar-refractivity contribution is -0.120. The summed E-state index contributed by atoms with van der Waals surface area (Å²) in [6.07, 6.45) is 3.50. The summed E-state index contributed by atoms with van der Waals surface area (Å²) in [5, 5.41) is 1.05. The Balaban J connectivity index is 1.58. The molecule has 1 amide bonds. The van der Waals surface area contributed by atoms with Crippen molar-refractivity contribution in [1.82, 2.24) is 15.0 Å². The maximum atomic E-state index is 13.5. The van der Waals surface area contributed by atoms with Crippen molar-refractivity contribution in [2.75, 3.05) is 11.6 Å². The predicted molar refractivity (Wildman–Crippen MR) is 114 cm³/mol. The zero-order valence-corrected chi connectivity index (χ0v) is 17.7. The minimum absolute atomic E-state index is 0.267. The van der Waals surface area contributed by atoms with E-state index in [1.54, 1.807) is 13.1 Å². The predicted octanol–water partition coefficient (Wildman–Crippen LogP) is 3.18. The first-order valence-electron chi connectivity index (χ1n) is 10.0. The van der Waals surface area contributed by atoms with E-state index in [9.17, 15) is 9.18 Å². The van der Waals surface area contributed by atoms with Crippen molar-refractivity contribution in [2.45, 2.75) is 32.6 Å². The number of rotatable bonds is 6. The maximum absolute atomic E-state index is 13.5. The molecule has 31 heavy (non-hydrogen) atoms. The number of aryl methyl sites for hydroxylation is 3. The summed E-state index contributed by atoms with van der Waals surface area (Å²) in [4.78, 5) is 25.4. The number of carbonyl (C=O) groups is 1. The first-order valence-corrected chi connectivity index (χ1v) is 10.0. The molecule has 1 fully saturated rings. The molecular formula is C23H24FN5O2. The van der Waals surface area contributed by atoms with E-state index >= 15 is 0 Å². The topological polar surface area (TPSA) is 94.2 Å². The van der Waals surface area contributed by atoms with E-state index in [0.717, 1.165) is 16.3 Å². The zero-order chi connectivity index (χ0) is 22.2. The number of anilines is 1. The molecule has 0 radical (unpaired) electrons. The molecule has 2 aromatic heterocycles. The number of benzene rings is 1. The van der Waals surface area contributed by atoms with Crippen LogP contribution in [0, 0.1) is 32.6 Å². The Hall–Kier alpha value is -3.39. The molecule has 0 unspecified atom stereocenters. The third-order valence-electron chi connectivity index (χ3n) is 5.78. The van der Waals surface area contributed by atoms with Gasteiger partial charge in [0, 0.05) is 11.0 Å². The van der Waals surface area contributed by atoms with Crippen LogP contribution in [0.2, 0.25) is 0 Å². The van der Waals surface area contributed by atoms with Gasteiger partial charge in [-0.25, -0.2) is 25.8 Å². The molecule has 0 bridgehead atoms. The Kier molecular flexibility index (Phi) is 5.41. The molecule has 0 saturated heterocycles. The number of hydrogen-bond donors (Lipinski definition) is 1. The third kappa shape index (κ3) is 3.98. The summed E-state index contributed by atoms with van der Waals surface area (Å²) in [7, 11) is 0. The molecule has 0 aliphatic heterocycles. The number of hydrazine groups is 1. The molecule has 1 saturated carbocycles. The van der Waals surface area contributed by atoms with Gasteiger partial charge in [-0.1, -0.05) is 30.3 Å². The van der Waals surface area contributed by atoms with Gasteiger partial charge in [-0.3, -0.25) is 4.79 Å². The van der Waals surface area contributed by atoms with Gasteiger partial charge in [-0.2, -0.15) is 4.39 Å². The highest BCUT2D eigenvalue weighted by Crippen LogP contribution is 2.55. The van der Waals surface area contributed by atoms with Gasteiger partial charge in [-0.05, 0) is 38.8 Å². The largest absolute Gasteiger partial charge is 0.489 e. The number of aromatic nitrogens is 3. The second kappa shape index (κ2) is 8.03. The number of ether oxygens (including phenoxy) is 1. The minimum atomic E-state index is -0.585. The lowest BCUT2D eigenvalue weighted by Crippen LogP contribution is -2.41. The number of carbonyl (C=O) groups excluding carboxylic acids is 1. The molecule has 2 atom stereocenters. The average molecular weight is 421 g/mol. The molecule has 1 aliphatic carbocycles. The van der Waals surface area contributed by atoms with Crippen LogP contribution in [-0.4, -0.2) is 27.5 Å². The SMILES string of the molecule is Cc1ncc(OC[C@@]2(c3ccccc3)C[C@H]2C(=O)N(N)c2cnc(F)c(C)c2)c(C)n1. The number of hydrogen-bond acceptors (Lipinski definition) is 6. The highest BCUT2D eigenvalue weighted by Gasteiger charge is 2.61. The lowest BCUT2D eigenvalue weighted by Gasteiger charge is -2.22. The number of nitrogens with zero attached hydrogens (tertiary/aromatic N) is 4. The van der Waals surface area contributed by atoms with Gasteiger partial charge in [0.1, 0.15) is 5.82 Å². The number of amides is 1. The second-order valence-corrected chi connectivity index (χ2v) is 7.94. The van der Waals surface area contributed by atoms with Crippen LogP contribution in [0.5, 0.6) is 5.75 Å². The van der Waals surface area contributed by atoms with Gasteiger partial charge < -0.3 is 4.74 Å². The van der Waals surface area contributed by atoms with E-state index in [1.807, 2.05) is 44.2 Å². The van der Waals surface area contributed by atoms with E-state index in [2.05, 4.69) is 15.0 Å². The molecule has 160 valence electrons. The molecule has 1 aliphatic rings. The summed E-state index contributed by atoms with van der Waals surface area (Å²) >= 11 is 0. The quantitative estimate of drug-likeness (QED) is 0.284. The molecule has 2 heterocycles. The fourth-order valence-corrected chi connectivity index (χ4v) is 3.85. The molecule has 3 aromatic rings. The van der Waals surface area contributed by atoms with Crippen LogP contribution in [0.15, 0.2) is 48.8 Å². The monoisotopic (exact) mass is 421 g/mol. The molecule has 4 rings (SSSR count). The van der Waals surface area contributed by atoms with Crippen molar-refractivity contribution in [3.8, 4) is 5.75 Å². The van der Waals surface area contributed by atoms with Crippen molar-refractivity contribution in [3.05, 3.63) is 77.4 Å². The van der Waals surface area contributed by atoms with Crippen LogP contribution in [0.4, 0.5) is 10.1 Å². The van der Waals surface area contributed by atoms with Crippen molar-refractivity contribution in [2.24, 2.45) is 11.8 Å². The Morgan fingerprint density at radius 2 is 1.97 bits per heavy atom. The van der Waals surface area contributed by atoms with Crippen LogP contribution < -0.4 is 15.6 Å². The Morgan fingerprint density at radius 1 is 1.23 bits per heavy atom. The fraction of sp³-hybridized carbons (Fsp3) is 0.304. The Bertz CT molecular complexity index is 1120. The first kappa shape index (κ1) is 20.9. The number of pyridine rings is 1. The van der Waals surface area contributed by atoms with Gasteiger partial charge in [0.15, 0.2) is 5.75 Å². The van der Waals surface area contributed by atoms with Crippen LogP contribution in [0.3, 0.4) is 0 Å². The summed E-state index contributed by atoms with van der Waals surface area (Å²) in [6.45, 7) is 5.55. The Morgan fingerprint density at radius 3 is 2.65 bits per heavy atom. The number of halogens is 1. The maximum Gasteiger partial charge on any atom is 0.245 e. The number of nitrogens with two attached hydrogens (primary N) is 1. The van der Waals surface area contributed by atoms with E-state index < -0.39 is 11.4 Å². The average Bonchev–Trinajstić information content (AvgIpc) is 3.50. The van der Waals surface area contributed by atoms with Gasteiger partial charge in [0.25, 0.3) is 0 Å². The van der Waals surface area contributed by atoms with E-state index in [1.165, 1.54) is 12.3 Å². The molecule has 2 N–H and O–H groups in total. The molecule has 7 nitrogen and oxygen atoms in total. The lowest BCUT2D eigenvalue weighted by atomic mass is 9.93. The summed E-state index contributed by atoms with van der Waals surface area (Å²) in [6, 6.07) is 11.3. The zero-order valence-electron chi connectivity index (χ0n) is 17.7. The van der Waals surface area contributed by atoms with Gasteiger partial charge in [-0.15, -0.1) is 0 Å². The molecule has 0 spiro atoms. The van der Waals surface area contributed by atoms with Crippen molar-refractivity contribution >= 4 is 11.6 Å². The van der Waals surface area contributed by atoms with Crippen molar-refractivity contribution in [1.29, 1.82) is 0 Å². The van der Waals surface area contributed by atoms with Crippen LogP contribution >= 0.6 is 0 Å². The highest BCUT2D eigenvalue weighted by atomic mass is 19.1. The van der Waals surface area contributed by atoms with Gasteiger partial charge >= 0.3 is 0 Å². The summed E-state index contributed by atoms with van der Waals surface area (Å²) in [5.41, 5.74) is 1.90. The Labute approximate surface area is 180 Å². The first-order chi connectivity index (χ1) is 14.8. The standard InChI is InChI=1S/C23H24FN5O2/c1-14-9-18(11-27-21(14)24)29(25)22(30)19-10-23(19,17-7-5-4-6-8-17)13-31-20-12-26-16(3)28-15(20)2/h4-9,11-12,19H,10,13,25H2,1-3H3/t19-,23+/m0/s1. The van der Waals surface area contributed by atoms with Gasteiger partial charge in [0.2, 0.25) is 11.9 Å². The van der Waals surface area contributed by atoms with Crippen LogP contribution in [-0.2, 0) is 10.2 Å². The van der Waals surface area contributed by atoms with Crippen molar-refractivity contribution < 1.29 is 13.9 Å². The van der Waals surface area contributed by atoms with E-state index in [-0.39, 0.29) is 18.4 Å². The van der Waals surface area contributed by atoms with E-state index in [0.29, 0.717) is 29.2 Å². The normalized spacial score (nSPS) is 19.7. The van der Waals surface area contributed by atoms with Crippen LogP contribution in [0.1, 0.15) is 29.1 Å². The smallest absolute Gasteiger partial charge is 0.245 e. The second-order valence-electron chi connectivity index (χ2n) is 7.94. The summed E-state index contributed by atoms with van der Waals surface area (Å²) in [5.74, 6) is 6.13. The van der Waals surface area contributed by atoms with Crippen molar-refractivity contribution in [3.63, 3.8) is 0 Å². The minimum Gasteiger partial charge on any atom is -0.489 e. The third-order valence-corrected chi connectivity index (χ3v) is 5.78. The fourth-order valence-electron chi connectivity index (χ4n) is 3.85. The highest BCUT2D eigenvalue weighted by molar-refractivity contribution is 5.97. The summed E-state index contributed by atoms with van der Waals surface area (Å²) < 4.78 is 19.6. The van der Waals surface area contributed by atoms with Crippen LogP contribution in [0.25, 0.3) is 0 Å².